The molecule has 0 aliphatic carbocycles. The molecule has 7 heteroatoms. The molecule has 0 unspecified atom stereocenters. The molecule has 0 atom stereocenters. The van der Waals surface area contributed by atoms with Crippen LogP contribution in [-0.2, 0) is 17.9 Å². The van der Waals surface area contributed by atoms with Crippen molar-refractivity contribution in [2.45, 2.75) is 13.2 Å². The van der Waals surface area contributed by atoms with E-state index in [9.17, 15) is 0 Å². The summed E-state index contributed by atoms with van der Waals surface area (Å²) in [5.41, 5.74) is 0. The molecule has 0 radical (unpaired) electrons. The molecule has 1 aromatic carbocycles. The quantitative estimate of drug-likeness (QED) is 0.823. The van der Waals surface area contributed by atoms with Gasteiger partial charge in [-0.2, -0.15) is 5.10 Å². The van der Waals surface area contributed by atoms with E-state index in [1.807, 2.05) is 34.9 Å². The van der Waals surface area contributed by atoms with E-state index in [2.05, 4.69) is 15.1 Å². The van der Waals surface area contributed by atoms with Gasteiger partial charge in [0.2, 0.25) is 0 Å². The number of hydrogen-bond acceptors (Lipinski definition) is 5. The molecule has 0 spiro atoms. The number of morpholine rings is 1. The molecule has 118 valence electrons. The molecule has 0 amide bonds. The van der Waals surface area contributed by atoms with Gasteiger partial charge in [-0.25, -0.2) is 0 Å². The highest BCUT2D eigenvalue weighted by molar-refractivity contribution is 7.71. The number of rotatable bonds is 6. The van der Waals surface area contributed by atoms with Gasteiger partial charge in [0, 0.05) is 26.2 Å². The first-order chi connectivity index (χ1) is 10.8. The fraction of sp³-hybridized carbons (Fsp3) is 0.467. The fourth-order valence-corrected chi connectivity index (χ4v) is 2.66. The third-order valence-electron chi connectivity index (χ3n) is 3.69. The molecule has 22 heavy (non-hydrogen) atoms. The number of para-hydroxylation sites is 1. The van der Waals surface area contributed by atoms with Gasteiger partial charge in [-0.05, 0) is 24.4 Å². The van der Waals surface area contributed by atoms with E-state index in [0.717, 1.165) is 51.0 Å². The molecule has 3 rings (SSSR count). The van der Waals surface area contributed by atoms with Gasteiger partial charge in [-0.1, -0.05) is 18.2 Å². The minimum atomic E-state index is 0.403. The second kappa shape index (κ2) is 7.53. The first kappa shape index (κ1) is 15.2. The summed E-state index contributed by atoms with van der Waals surface area (Å²) in [4.78, 5) is 2.38. The van der Waals surface area contributed by atoms with E-state index >= 15 is 0 Å². The van der Waals surface area contributed by atoms with Gasteiger partial charge in [-0.3, -0.25) is 14.6 Å². The summed E-state index contributed by atoms with van der Waals surface area (Å²) in [6, 6.07) is 9.72. The van der Waals surface area contributed by atoms with Crippen molar-refractivity contribution in [3.63, 3.8) is 0 Å². The van der Waals surface area contributed by atoms with Gasteiger partial charge in [0.15, 0.2) is 10.6 Å². The zero-order chi connectivity index (χ0) is 15.2. The van der Waals surface area contributed by atoms with Crippen LogP contribution in [0.2, 0.25) is 0 Å². The Morgan fingerprint density at radius 1 is 1.18 bits per heavy atom. The van der Waals surface area contributed by atoms with Crippen molar-refractivity contribution in [3.8, 4) is 5.75 Å². The van der Waals surface area contributed by atoms with Gasteiger partial charge in [0.05, 0.1) is 13.2 Å². The Balaban J connectivity index is 1.59. The standard InChI is InChI=1S/C15H20N4O2S/c22-15-17-16-14(12-21-13-4-2-1-3-5-13)19(15)7-6-18-8-10-20-11-9-18/h1-5H,6-12H2,(H,17,22). The molecular weight excluding hydrogens is 300 g/mol. The maximum atomic E-state index is 5.75. The second-order valence-corrected chi connectivity index (χ2v) is 5.54. The summed E-state index contributed by atoms with van der Waals surface area (Å²) in [5, 5.41) is 7.13. The van der Waals surface area contributed by atoms with E-state index in [-0.39, 0.29) is 0 Å². The Labute approximate surface area is 134 Å². The number of hydrogen-bond donors (Lipinski definition) is 1. The summed E-state index contributed by atoms with van der Waals surface area (Å²) in [6.45, 7) is 5.71. The van der Waals surface area contributed by atoms with Crippen LogP contribution in [-0.4, -0.2) is 52.5 Å². The van der Waals surface area contributed by atoms with E-state index in [0.29, 0.717) is 11.4 Å². The lowest BCUT2D eigenvalue weighted by atomic mass is 10.3. The van der Waals surface area contributed by atoms with Crippen molar-refractivity contribution in [1.82, 2.24) is 19.7 Å². The Kier molecular flexibility index (Phi) is 5.20. The van der Waals surface area contributed by atoms with Crippen molar-refractivity contribution in [1.29, 1.82) is 0 Å². The second-order valence-electron chi connectivity index (χ2n) is 5.15. The molecule has 1 N–H and O–H groups in total. The minimum Gasteiger partial charge on any atom is -0.486 e. The lowest BCUT2D eigenvalue weighted by Crippen LogP contribution is -2.38. The van der Waals surface area contributed by atoms with Crippen molar-refractivity contribution in [2.75, 3.05) is 32.8 Å². The number of nitrogens with zero attached hydrogens (tertiary/aromatic N) is 3. The average molecular weight is 320 g/mol. The molecule has 1 aromatic heterocycles. The molecule has 0 bridgehead atoms. The first-order valence-corrected chi connectivity index (χ1v) is 7.86. The lowest BCUT2D eigenvalue weighted by Gasteiger charge is -2.26. The monoisotopic (exact) mass is 320 g/mol. The van der Waals surface area contributed by atoms with E-state index in [1.54, 1.807) is 0 Å². The van der Waals surface area contributed by atoms with Crippen molar-refractivity contribution in [3.05, 3.63) is 40.9 Å². The smallest absolute Gasteiger partial charge is 0.195 e. The zero-order valence-corrected chi connectivity index (χ0v) is 13.2. The first-order valence-electron chi connectivity index (χ1n) is 7.45. The van der Waals surface area contributed by atoms with Crippen molar-refractivity contribution >= 4 is 12.2 Å². The molecule has 1 aliphatic rings. The van der Waals surface area contributed by atoms with Crippen LogP contribution in [0.3, 0.4) is 0 Å². The number of aromatic nitrogens is 3. The van der Waals surface area contributed by atoms with Gasteiger partial charge < -0.3 is 9.47 Å². The van der Waals surface area contributed by atoms with Crippen LogP contribution in [0.1, 0.15) is 5.82 Å². The number of ether oxygens (including phenoxy) is 2. The van der Waals surface area contributed by atoms with Crippen LogP contribution in [0.5, 0.6) is 5.75 Å². The van der Waals surface area contributed by atoms with Crippen LogP contribution in [0, 0.1) is 4.77 Å². The van der Waals surface area contributed by atoms with E-state index < -0.39 is 0 Å². The van der Waals surface area contributed by atoms with Gasteiger partial charge in [0.1, 0.15) is 12.4 Å². The SMILES string of the molecule is S=c1[nH]nc(COc2ccccc2)n1CCN1CCOCC1. The molecular formula is C15H20N4O2S. The molecule has 6 nitrogen and oxygen atoms in total. The molecule has 2 heterocycles. The number of nitrogens with one attached hydrogen (secondary N) is 1. The predicted molar refractivity (Wildman–Crippen MR) is 85.4 cm³/mol. The minimum absolute atomic E-state index is 0.403. The lowest BCUT2D eigenvalue weighted by molar-refractivity contribution is 0.0361. The maximum absolute atomic E-state index is 5.75. The van der Waals surface area contributed by atoms with Crippen molar-refractivity contribution in [2.24, 2.45) is 0 Å². The predicted octanol–water partition coefficient (Wildman–Crippen LogP) is 1.85. The van der Waals surface area contributed by atoms with Crippen LogP contribution in [0.15, 0.2) is 30.3 Å². The molecule has 2 aromatic rings. The Morgan fingerprint density at radius 2 is 1.95 bits per heavy atom. The number of H-pyrrole nitrogens is 1. The maximum Gasteiger partial charge on any atom is 0.195 e. The summed E-state index contributed by atoms with van der Waals surface area (Å²) in [5.74, 6) is 1.65. The van der Waals surface area contributed by atoms with Crippen molar-refractivity contribution < 1.29 is 9.47 Å². The van der Waals surface area contributed by atoms with Crippen LogP contribution >= 0.6 is 12.2 Å². The molecule has 0 saturated carbocycles. The summed E-state index contributed by atoms with van der Waals surface area (Å²) >= 11 is 5.32. The van der Waals surface area contributed by atoms with Gasteiger partial charge >= 0.3 is 0 Å². The third kappa shape index (κ3) is 3.94. The normalized spacial score (nSPS) is 15.8. The van der Waals surface area contributed by atoms with Crippen LogP contribution < -0.4 is 4.74 Å². The van der Waals surface area contributed by atoms with Crippen LogP contribution in [0.25, 0.3) is 0 Å². The summed E-state index contributed by atoms with van der Waals surface area (Å²) in [7, 11) is 0. The highest BCUT2D eigenvalue weighted by Gasteiger charge is 2.12. The van der Waals surface area contributed by atoms with Gasteiger partial charge in [-0.15, -0.1) is 0 Å². The molecule has 1 saturated heterocycles. The summed E-state index contributed by atoms with van der Waals surface area (Å²) < 4.78 is 13.8. The zero-order valence-electron chi connectivity index (χ0n) is 12.4. The van der Waals surface area contributed by atoms with E-state index in [1.165, 1.54) is 0 Å². The Hall–Kier alpha value is -1.70. The number of aromatic amines is 1. The third-order valence-corrected chi connectivity index (χ3v) is 4.00. The largest absolute Gasteiger partial charge is 0.486 e. The highest BCUT2D eigenvalue weighted by Crippen LogP contribution is 2.11. The van der Waals surface area contributed by atoms with E-state index in [4.69, 9.17) is 21.7 Å². The van der Waals surface area contributed by atoms with Crippen LogP contribution in [0.4, 0.5) is 0 Å². The topological polar surface area (TPSA) is 55.3 Å². The molecule has 1 aliphatic heterocycles. The average Bonchev–Trinajstić information content (AvgIpc) is 2.93. The Bertz CT molecular complexity index is 634. The summed E-state index contributed by atoms with van der Waals surface area (Å²) in [6.07, 6.45) is 0. The number of benzene rings is 1. The fourth-order valence-electron chi connectivity index (χ4n) is 2.42. The van der Waals surface area contributed by atoms with Gasteiger partial charge in [0.25, 0.3) is 0 Å². The molecule has 1 fully saturated rings. The highest BCUT2D eigenvalue weighted by atomic mass is 32.1. The Morgan fingerprint density at radius 3 is 2.73 bits per heavy atom.